The van der Waals surface area contributed by atoms with Crippen LogP contribution in [0.4, 0.5) is 0 Å². The second-order valence-corrected chi connectivity index (χ2v) is 6.11. The van der Waals surface area contributed by atoms with E-state index in [1.165, 1.54) is 57.8 Å². The van der Waals surface area contributed by atoms with Gasteiger partial charge < -0.3 is 9.47 Å². The SMILES string of the molecule is CCCCCCCCCCCCOc1ccccc1C=COC. The van der Waals surface area contributed by atoms with Crippen molar-refractivity contribution >= 4 is 6.08 Å². The summed E-state index contributed by atoms with van der Waals surface area (Å²) in [5.74, 6) is 0.941. The highest BCUT2D eigenvalue weighted by atomic mass is 16.5. The van der Waals surface area contributed by atoms with E-state index in [4.69, 9.17) is 9.47 Å². The summed E-state index contributed by atoms with van der Waals surface area (Å²) in [7, 11) is 1.66. The number of hydrogen-bond donors (Lipinski definition) is 0. The monoisotopic (exact) mass is 318 g/mol. The molecule has 0 radical (unpaired) electrons. The van der Waals surface area contributed by atoms with Crippen molar-refractivity contribution in [2.24, 2.45) is 0 Å². The summed E-state index contributed by atoms with van der Waals surface area (Å²) in [6.07, 6.45) is 17.1. The van der Waals surface area contributed by atoms with E-state index in [0.29, 0.717) is 0 Å². The van der Waals surface area contributed by atoms with E-state index in [1.54, 1.807) is 13.4 Å². The van der Waals surface area contributed by atoms with Crippen LogP contribution in [0.1, 0.15) is 76.7 Å². The number of benzene rings is 1. The Morgan fingerprint density at radius 1 is 0.826 bits per heavy atom. The Hall–Kier alpha value is -1.44. The molecular weight excluding hydrogens is 284 g/mol. The summed E-state index contributed by atoms with van der Waals surface area (Å²) in [6, 6.07) is 8.09. The minimum Gasteiger partial charge on any atom is -0.504 e. The standard InChI is InChI=1S/C21H34O2/c1-3-4-5-6-7-8-9-10-11-14-18-23-21-16-13-12-15-20(21)17-19-22-2/h12-13,15-17,19H,3-11,14,18H2,1-2H3. The van der Waals surface area contributed by atoms with E-state index in [-0.39, 0.29) is 0 Å². The largest absolute Gasteiger partial charge is 0.504 e. The van der Waals surface area contributed by atoms with Crippen molar-refractivity contribution in [2.45, 2.75) is 71.1 Å². The molecule has 2 heteroatoms. The fraction of sp³-hybridized carbons (Fsp3) is 0.619. The number of rotatable bonds is 14. The lowest BCUT2D eigenvalue weighted by Gasteiger charge is -2.09. The Morgan fingerprint density at radius 2 is 1.43 bits per heavy atom. The topological polar surface area (TPSA) is 18.5 Å². The number of unbranched alkanes of at least 4 members (excludes halogenated alkanes) is 9. The summed E-state index contributed by atoms with van der Waals surface area (Å²) in [4.78, 5) is 0. The number of methoxy groups -OCH3 is 1. The second kappa shape index (κ2) is 14.2. The van der Waals surface area contributed by atoms with E-state index in [0.717, 1.165) is 24.3 Å². The van der Waals surface area contributed by atoms with Gasteiger partial charge in [0.25, 0.3) is 0 Å². The summed E-state index contributed by atoms with van der Waals surface area (Å²) in [6.45, 7) is 3.07. The van der Waals surface area contributed by atoms with E-state index in [1.807, 2.05) is 30.3 Å². The minimum atomic E-state index is 0.800. The molecule has 0 aliphatic rings. The molecule has 2 nitrogen and oxygen atoms in total. The van der Waals surface area contributed by atoms with Crippen LogP contribution in [0.25, 0.3) is 6.08 Å². The molecule has 0 aromatic heterocycles. The zero-order chi connectivity index (χ0) is 16.6. The number of para-hydroxylation sites is 1. The van der Waals surface area contributed by atoms with Crippen molar-refractivity contribution < 1.29 is 9.47 Å². The van der Waals surface area contributed by atoms with Gasteiger partial charge in [-0.1, -0.05) is 82.9 Å². The van der Waals surface area contributed by atoms with Crippen LogP contribution >= 0.6 is 0 Å². The normalized spacial score (nSPS) is 11.0. The molecule has 1 aromatic rings. The summed E-state index contributed by atoms with van der Waals surface area (Å²) in [5, 5.41) is 0. The fourth-order valence-corrected chi connectivity index (χ4v) is 2.66. The van der Waals surface area contributed by atoms with Gasteiger partial charge in [0, 0.05) is 5.56 Å². The third kappa shape index (κ3) is 10.0. The molecule has 0 spiro atoms. The van der Waals surface area contributed by atoms with E-state index in [9.17, 15) is 0 Å². The van der Waals surface area contributed by atoms with Gasteiger partial charge in [-0.15, -0.1) is 0 Å². The zero-order valence-electron chi connectivity index (χ0n) is 15.1. The van der Waals surface area contributed by atoms with Gasteiger partial charge in [-0.2, -0.15) is 0 Å². The Bertz CT molecular complexity index is 412. The van der Waals surface area contributed by atoms with Crippen molar-refractivity contribution in [1.82, 2.24) is 0 Å². The third-order valence-electron chi connectivity index (χ3n) is 4.06. The van der Waals surface area contributed by atoms with Crippen molar-refractivity contribution in [3.05, 3.63) is 36.1 Å². The van der Waals surface area contributed by atoms with Crippen molar-refractivity contribution in [2.75, 3.05) is 13.7 Å². The van der Waals surface area contributed by atoms with Crippen LogP contribution in [0.2, 0.25) is 0 Å². The Kier molecular flexibility index (Phi) is 12.1. The highest BCUT2D eigenvalue weighted by molar-refractivity contribution is 5.56. The first-order valence-electron chi connectivity index (χ1n) is 9.29. The first-order chi connectivity index (χ1) is 11.4. The Balaban J connectivity index is 2.04. The lowest BCUT2D eigenvalue weighted by molar-refractivity contribution is 0.303. The lowest BCUT2D eigenvalue weighted by Crippen LogP contribution is -1.98. The van der Waals surface area contributed by atoms with Gasteiger partial charge in [-0.05, 0) is 18.6 Å². The maximum absolute atomic E-state index is 5.90. The molecule has 0 fully saturated rings. The molecule has 23 heavy (non-hydrogen) atoms. The predicted octanol–water partition coefficient (Wildman–Crippen LogP) is 6.60. The summed E-state index contributed by atoms with van der Waals surface area (Å²) < 4.78 is 10.9. The molecule has 0 aliphatic heterocycles. The van der Waals surface area contributed by atoms with Gasteiger partial charge in [-0.25, -0.2) is 0 Å². The van der Waals surface area contributed by atoms with Gasteiger partial charge in [0.2, 0.25) is 0 Å². The predicted molar refractivity (Wildman–Crippen MR) is 99.8 cm³/mol. The molecule has 0 N–H and O–H groups in total. The van der Waals surface area contributed by atoms with Gasteiger partial charge >= 0.3 is 0 Å². The molecule has 0 atom stereocenters. The molecule has 0 amide bonds. The van der Waals surface area contributed by atoms with Crippen molar-refractivity contribution in [1.29, 1.82) is 0 Å². The molecule has 0 heterocycles. The van der Waals surface area contributed by atoms with Crippen molar-refractivity contribution in [3.8, 4) is 5.75 Å². The average molecular weight is 319 g/mol. The first-order valence-corrected chi connectivity index (χ1v) is 9.29. The summed E-state index contributed by atoms with van der Waals surface area (Å²) in [5.41, 5.74) is 1.07. The number of hydrogen-bond acceptors (Lipinski definition) is 2. The molecule has 130 valence electrons. The van der Waals surface area contributed by atoms with Crippen LogP contribution in [0, 0.1) is 0 Å². The minimum absolute atomic E-state index is 0.800. The van der Waals surface area contributed by atoms with E-state index in [2.05, 4.69) is 6.92 Å². The maximum Gasteiger partial charge on any atom is 0.126 e. The van der Waals surface area contributed by atoms with E-state index < -0.39 is 0 Å². The maximum atomic E-state index is 5.90. The van der Waals surface area contributed by atoms with Gasteiger partial charge in [0.1, 0.15) is 5.75 Å². The van der Waals surface area contributed by atoms with Gasteiger partial charge in [0.05, 0.1) is 20.0 Å². The Morgan fingerprint density at radius 3 is 2.09 bits per heavy atom. The smallest absolute Gasteiger partial charge is 0.126 e. The van der Waals surface area contributed by atoms with Crippen LogP contribution in [-0.4, -0.2) is 13.7 Å². The summed E-state index contributed by atoms with van der Waals surface area (Å²) >= 11 is 0. The second-order valence-electron chi connectivity index (χ2n) is 6.11. The molecule has 0 saturated heterocycles. The first kappa shape index (κ1) is 19.6. The van der Waals surface area contributed by atoms with Crippen LogP contribution in [-0.2, 0) is 4.74 Å². The lowest BCUT2D eigenvalue weighted by atomic mass is 10.1. The van der Waals surface area contributed by atoms with Crippen LogP contribution in [0.5, 0.6) is 5.75 Å². The molecule has 0 aliphatic carbocycles. The van der Waals surface area contributed by atoms with Crippen LogP contribution in [0.15, 0.2) is 30.5 Å². The molecule has 1 rings (SSSR count). The third-order valence-corrected chi connectivity index (χ3v) is 4.06. The van der Waals surface area contributed by atoms with Gasteiger partial charge in [0.15, 0.2) is 0 Å². The van der Waals surface area contributed by atoms with E-state index >= 15 is 0 Å². The molecule has 1 aromatic carbocycles. The quantitative estimate of drug-likeness (QED) is 0.284. The average Bonchev–Trinajstić information content (AvgIpc) is 2.58. The number of ether oxygens (including phenoxy) is 2. The molecular formula is C21H34O2. The highest BCUT2D eigenvalue weighted by Crippen LogP contribution is 2.20. The van der Waals surface area contributed by atoms with Gasteiger partial charge in [-0.3, -0.25) is 0 Å². The van der Waals surface area contributed by atoms with Crippen molar-refractivity contribution in [3.63, 3.8) is 0 Å². The highest BCUT2D eigenvalue weighted by Gasteiger charge is 1.99. The van der Waals surface area contributed by atoms with Crippen LogP contribution in [0.3, 0.4) is 0 Å². The fourth-order valence-electron chi connectivity index (χ4n) is 2.66. The van der Waals surface area contributed by atoms with Crippen LogP contribution < -0.4 is 4.74 Å². The Labute approximate surface area is 142 Å². The zero-order valence-corrected chi connectivity index (χ0v) is 15.1. The molecule has 0 bridgehead atoms. The molecule has 0 unspecified atom stereocenters. The molecule has 0 saturated carbocycles.